The number of nitrogens with one attached hydrogen (secondary N) is 1. The van der Waals surface area contributed by atoms with Gasteiger partial charge in [-0.05, 0) is 28.7 Å². The maximum Gasteiger partial charge on any atom is 0.247 e. The van der Waals surface area contributed by atoms with E-state index >= 15 is 0 Å². The van der Waals surface area contributed by atoms with Gasteiger partial charge in [0.05, 0.1) is 14.9 Å². The van der Waals surface area contributed by atoms with Gasteiger partial charge in [0.2, 0.25) is 5.91 Å². The number of hydrogen-bond donors (Lipinski definition) is 1. The van der Waals surface area contributed by atoms with Crippen LogP contribution in [0.3, 0.4) is 0 Å². The topological polar surface area (TPSA) is 32.3 Å². The zero-order valence-corrected chi connectivity index (χ0v) is 11.8. The summed E-state index contributed by atoms with van der Waals surface area (Å²) < 4.78 is 14.1. The molecule has 90 valence electrons. The van der Waals surface area contributed by atoms with E-state index in [1.807, 2.05) is 27.5 Å². The van der Waals surface area contributed by atoms with Crippen LogP contribution in [0.25, 0.3) is 0 Å². The van der Waals surface area contributed by atoms with Gasteiger partial charge in [0.1, 0.15) is 11.9 Å². The fourth-order valence-electron chi connectivity index (χ4n) is 2.20. The lowest BCUT2D eigenvalue weighted by Crippen LogP contribution is -2.52. The largest absolute Gasteiger partial charge is 0.356 e. The number of benzene rings is 1. The summed E-state index contributed by atoms with van der Waals surface area (Å²) >= 11 is 3.70. The molecule has 2 aliphatic rings. The van der Waals surface area contributed by atoms with Crippen molar-refractivity contribution >= 4 is 51.6 Å². The second kappa shape index (κ2) is 4.31. The maximum atomic E-state index is 13.6. The van der Waals surface area contributed by atoms with Crippen LogP contribution in [0, 0.1) is 9.39 Å². The molecule has 17 heavy (non-hydrogen) atoms. The van der Waals surface area contributed by atoms with Crippen LogP contribution < -0.4 is 10.2 Å². The van der Waals surface area contributed by atoms with Crippen LogP contribution in [0.2, 0.25) is 0 Å². The number of hydrogen-bond acceptors (Lipinski definition) is 3. The summed E-state index contributed by atoms with van der Waals surface area (Å²) in [5.41, 5.74) is 1.54. The molecule has 1 saturated heterocycles. The predicted octanol–water partition coefficient (Wildman–Crippen LogP) is 2.30. The number of nitrogens with zero attached hydrogens (tertiary/aromatic N) is 1. The first kappa shape index (κ1) is 11.6. The Labute approximate surface area is 116 Å². The molecule has 1 amide bonds. The average molecular weight is 364 g/mol. The van der Waals surface area contributed by atoms with Crippen LogP contribution >= 0.6 is 34.4 Å². The smallest absolute Gasteiger partial charge is 0.247 e. The fraction of sp³-hybridized carbons (Fsp3) is 0.364. The Bertz CT molecular complexity index is 497. The quantitative estimate of drug-likeness (QED) is 0.718. The van der Waals surface area contributed by atoms with E-state index in [-0.39, 0.29) is 17.8 Å². The number of carbonyl (C=O) groups is 1. The van der Waals surface area contributed by atoms with Gasteiger partial charge >= 0.3 is 0 Å². The Balaban J connectivity index is 2.10. The lowest BCUT2D eigenvalue weighted by molar-refractivity contribution is -0.117. The highest BCUT2D eigenvalue weighted by Crippen LogP contribution is 2.37. The Hall–Kier alpha value is -0.500. The molecular formula is C11H10FIN2OS. The molecule has 1 fully saturated rings. The molecule has 2 heterocycles. The number of amides is 1. The highest BCUT2D eigenvalue weighted by molar-refractivity contribution is 14.1. The van der Waals surface area contributed by atoms with Crippen LogP contribution in [0.5, 0.6) is 0 Å². The van der Waals surface area contributed by atoms with Crippen molar-refractivity contribution in [2.45, 2.75) is 6.04 Å². The van der Waals surface area contributed by atoms with E-state index < -0.39 is 0 Å². The number of halogens is 2. The highest BCUT2D eigenvalue weighted by atomic mass is 127. The molecule has 3 rings (SSSR count). The molecule has 1 atom stereocenters. The van der Waals surface area contributed by atoms with Crippen LogP contribution in [-0.4, -0.2) is 30.0 Å². The average Bonchev–Trinajstić information content (AvgIpc) is 2.32. The van der Waals surface area contributed by atoms with Crippen molar-refractivity contribution in [1.82, 2.24) is 0 Å². The zero-order valence-electron chi connectivity index (χ0n) is 8.87. The highest BCUT2D eigenvalue weighted by Gasteiger charge is 2.35. The van der Waals surface area contributed by atoms with Crippen LogP contribution in [0.15, 0.2) is 12.1 Å². The summed E-state index contributed by atoms with van der Waals surface area (Å²) in [5.74, 6) is 1.56. The van der Waals surface area contributed by atoms with Gasteiger partial charge in [-0.2, -0.15) is 11.8 Å². The fourth-order valence-corrected chi connectivity index (χ4v) is 3.71. The summed E-state index contributed by atoms with van der Waals surface area (Å²) in [7, 11) is 0. The van der Waals surface area contributed by atoms with Crippen molar-refractivity contribution in [2.24, 2.45) is 0 Å². The third-order valence-electron chi connectivity index (χ3n) is 3.04. The molecule has 0 bridgehead atoms. The summed E-state index contributed by atoms with van der Waals surface area (Å²) in [6.45, 7) is 0.801. The van der Waals surface area contributed by atoms with E-state index in [2.05, 4.69) is 5.32 Å². The lowest BCUT2D eigenvalue weighted by atomic mass is 10.1. The van der Waals surface area contributed by atoms with E-state index in [0.717, 1.165) is 29.4 Å². The Kier molecular flexibility index (Phi) is 2.94. The molecule has 6 heteroatoms. The molecule has 1 aromatic carbocycles. The molecule has 0 saturated carbocycles. The summed E-state index contributed by atoms with van der Waals surface area (Å²) in [6, 6.07) is 3.07. The molecule has 3 nitrogen and oxygen atoms in total. The predicted molar refractivity (Wildman–Crippen MR) is 76.2 cm³/mol. The van der Waals surface area contributed by atoms with Gasteiger partial charge in [-0.3, -0.25) is 4.79 Å². The molecule has 0 spiro atoms. The maximum absolute atomic E-state index is 13.6. The van der Waals surface area contributed by atoms with Crippen molar-refractivity contribution < 1.29 is 9.18 Å². The second-order valence-corrected chi connectivity index (χ2v) is 6.37. The van der Waals surface area contributed by atoms with E-state index in [0.29, 0.717) is 3.57 Å². The standard InChI is InChI=1S/C11H10FIN2OS/c12-6-3-9-8(4-7(6)13)14-11(16)10-5-17-2-1-15(9)10/h3-4,10H,1-2,5H2,(H,14,16). The first-order valence-electron chi connectivity index (χ1n) is 5.31. The number of carbonyl (C=O) groups excluding carboxylic acids is 1. The molecular weight excluding hydrogens is 354 g/mol. The number of anilines is 2. The minimum Gasteiger partial charge on any atom is -0.356 e. The van der Waals surface area contributed by atoms with Gasteiger partial charge in [-0.15, -0.1) is 0 Å². The van der Waals surface area contributed by atoms with Crippen molar-refractivity contribution in [3.05, 3.63) is 21.5 Å². The molecule has 2 aliphatic heterocycles. The molecule has 0 radical (unpaired) electrons. The third kappa shape index (κ3) is 1.91. The van der Waals surface area contributed by atoms with Gasteiger partial charge in [0, 0.05) is 24.1 Å². The normalized spacial score (nSPS) is 22.8. The summed E-state index contributed by atoms with van der Waals surface area (Å²) in [6.07, 6.45) is 0. The monoisotopic (exact) mass is 364 g/mol. The third-order valence-corrected chi connectivity index (χ3v) is 4.89. The zero-order chi connectivity index (χ0) is 12.0. The molecule has 1 N–H and O–H groups in total. The Morgan fingerprint density at radius 2 is 2.35 bits per heavy atom. The number of thioether (sulfide) groups is 1. The lowest BCUT2D eigenvalue weighted by Gasteiger charge is -2.40. The van der Waals surface area contributed by atoms with Crippen molar-refractivity contribution in [1.29, 1.82) is 0 Å². The minimum atomic E-state index is -0.225. The van der Waals surface area contributed by atoms with Crippen LogP contribution in [0.4, 0.5) is 15.8 Å². The van der Waals surface area contributed by atoms with E-state index in [1.54, 1.807) is 17.8 Å². The minimum absolute atomic E-state index is 0.0205. The van der Waals surface area contributed by atoms with Crippen LogP contribution in [0.1, 0.15) is 0 Å². The molecule has 1 unspecified atom stereocenters. The van der Waals surface area contributed by atoms with E-state index in [1.165, 1.54) is 6.07 Å². The van der Waals surface area contributed by atoms with Gasteiger partial charge in [-0.25, -0.2) is 4.39 Å². The van der Waals surface area contributed by atoms with E-state index in [9.17, 15) is 9.18 Å². The first-order valence-corrected chi connectivity index (χ1v) is 7.54. The first-order chi connectivity index (χ1) is 8.16. The second-order valence-electron chi connectivity index (χ2n) is 4.06. The van der Waals surface area contributed by atoms with Crippen molar-refractivity contribution in [3.63, 3.8) is 0 Å². The van der Waals surface area contributed by atoms with Crippen molar-refractivity contribution in [2.75, 3.05) is 28.3 Å². The Morgan fingerprint density at radius 3 is 3.18 bits per heavy atom. The summed E-state index contributed by atoms with van der Waals surface area (Å²) in [5, 5.41) is 2.86. The van der Waals surface area contributed by atoms with Gasteiger partial charge in [0.25, 0.3) is 0 Å². The Morgan fingerprint density at radius 1 is 1.53 bits per heavy atom. The van der Waals surface area contributed by atoms with Crippen LogP contribution in [-0.2, 0) is 4.79 Å². The number of fused-ring (bicyclic) bond motifs is 3. The van der Waals surface area contributed by atoms with Gasteiger partial charge < -0.3 is 10.2 Å². The number of rotatable bonds is 0. The molecule has 0 aromatic heterocycles. The van der Waals surface area contributed by atoms with Gasteiger partial charge in [0.15, 0.2) is 0 Å². The van der Waals surface area contributed by atoms with E-state index in [4.69, 9.17) is 0 Å². The van der Waals surface area contributed by atoms with Crippen molar-refractivity contribution in [3.8, 4) is 0 Å². The molecule has 1 aromatic rings. The van der Waals surface area contributed by atoms with Gasteiger partial charge in [-0.1, -0.05) is 0 Å². The SMILES string of the molecule is O=C1Nc2cc(I)c(F)cc2N2CCSCC12. The molecule has 0 aliphatic carbocycles. The summed E-state index contributed by atoms with van der Waals surface area (Å²) in [4.78, 5) is 13.9.